The molecule has 4 nitrogen and oxygen atoms in total. The Labute approximate surface area is 153 Å². The van der Waals surface area contributed by atoms with E-state index in [4.69, 9.17) is 14.2 Å². The molecule has 0 radical (unpaired) electrons. The quantitative estimate of drug-likeness (QED) is 0.837. The molecule has 26 heavy (non-hydrogen) atoms. The van der Waals surface area contributed by atoms with Gasteiger partial charge < -0.3 is 14.2 Å². The first-order chi connectivity index (χ1) is 12.6. The highest BCUT2D eigenvalue weighted by molar-refractivity contribution is 6.10. The third-order valence-electron chi connectivity index (χ3n) is 5.19. The van der Waals surface area contributed by atoms with Crippen LogP contribution in [0, 0.1) is 0 Å². The zero-order valence-corrected chi connectivity index (χ0v) is 15.2. The summed E-state index contributed by atoms with van der Waals surface area (Å²) < 4.78 is 18.5. The van der Waals surface area contributed by atoms with Gasteiger partial charge >= 0.3 is 0 Å². The van der Waals surface area contributed by atoms with Crippen molar-refractivity contribution in [2.24, 2.45) is 0 Å². The summed E-state index contributed by atoms with van der Waals surface area (Å²) in [6.45, 7) is 6.03. The Morgan fingerprint density at radius 1 is 1.00 bits per heavy atom. The first-order valence-electron chi connectivity index (χ1n) is 8.94. The minimum absolute atomic E-state index is 0.165. The summed E-state index contributed by atoms with van der Waals surface area (Å²) in [5, 5.41) is 0. The number of ketones is 1. The summed E-state index contributed by atoms with van der Waals surface area (Å²) in [5.41, 5.74) is 1.57. The third kappa shape index (κ3) is 2.12. The molecule has 2 aliphatic rings. The second-order valence-electron chi connectivity index (χ2n) is 6.66. The molecule has 1 heterocycles. The lowest BCUT2D eigenvalue weighted by atomic mass is 9.82. The standard InChI is InChI=1S/C22H22O4/c1-4-24-20-15(2)19(23)22(20)25-16(3)21(26-22,17-11-7-5-8-12-17)18-13-9-6-10-14-18/h5-14,16H,4H2,1-3H3/t16-,22-/m0/s1. The maximum absolute atomic E-state index is 12.8. The topological polar surface area (TPSA) is 44.8 Å². The molecule has 1 fully saturated rings. The second-order valence-corrected chi connectivity index (χ2v) is 6.66. The van der Waals surface area contributed by atoms with Gasteiger partial charge in [0.15, 0.2) is 5.76 Å². The normalized spacial score (nSPS) is 26.9. The van der Waals surface area contributed by atoms with Crippen molar-refractivity contribution in [2.45, 2.75) is 38.3 Å². The number of hydrogen-bond donors (Lipinski definition) is 0. The molecule has 2 aromatic rings. The number of rotatable bonds is 4. The molecule has 0 saturated carbocycles. The minimum Gasteiger partial charge on any atom is -0.492 e. The van der Waals surface area contributed by atoms with Crippen LogP contribution in [0.1, 0.15) is 31.9 Å². The van der Waals surface area contributed by atoms with E-state index in [-0.39, 0.29) is 11.9 Å². The molecule has 1 aliphatic heterocycles. The van der Waals surface area contributed by atoms with Crippen LogP contribution in [-0.4, -0.2) is 24.3 Å². The van der Waals surface area contributed by atoms with Crippen LogP contribution < -0.4 is 0 Å². The lowest BCUT2D eigenvalue weighted by Crippen LogP contribution is -2.53. The number of Topliss-reactive ketones (excluding diaryl/α,β-unsaturated/α-hetero) is 1. The van der Waals surface area contributed by atoms with E-state index in [0.29, 0.717) is 17.9 Å². The maximum atomic E-state index is 12.8. The fourth-order valence-electron chi connectivity index (χ4n) is 3.98. The van der Waals surface area contributed by atoms with Gasteiger partial charge in [0.2, 0.25) is 5.78 Å². The van der Waals surface area contributed by atoms with Crippen molar-refractivity contribution in [2.75, 3.05) is 6.61 Å². The van der Waals surface area contributed by atoms with Gasteiger partial charge in [0.1, 0.15) is 5.60 Å². The summed E-state index contributed by atoms with van der Waals surface area (Å²) in [6, 6.07) is 19.8. The van der Waals surface area contributed by atoms with Gasteiger partial charge in [0.25, 0.3) is 5.79 Å². The predicted molar refractivity (Wildman–Crippen MR) is 97.4 cm³/mol. The van der Waals surface area contributed by atoms with Crippen molar-refractivity contribution in [1.29, 1.82) is 0 Å². The van der Waals surface area contributed by atoms with Crippen LogP contribution in [0.25, 0.3) is 0 Å². The van der Waals surface area contributed by atoms with Crippen LogP contribution in [0.5, 0.6) is 0 Å². The van der Waals surface area contributed by atoms with Crippen molar-refractivity contribution in [3.63, 3.8) is 0 Å². The highest BCUT2D eigenvalue weighted by Gasteiger charge is 2.68. The molecule has 0 aromatic heterocycles. The van der Waals surface area contributed by atoms with Crippen LogP contribution in [0.2, 0.25) is 0 Å². The van der Waals surface area contributed by atoms with E-state index in [2.05, 4.69) is 0 Å². The van der Waals surface area contributed by atoms with Gasteiger partial charge in [-0.25, -0.2) is 0 Å². The summed E-state index contributed by atoms with van der Waals surface area (Å²) >= 11 is 0. The molecule has 2 aromatic carbocycles. The van der Waals surface area contributed by atoms with Gasteiger partial charge in [-0.3, -0.25) is 4.79 Å². The SMILES string of the molecule is CCOC1=C(C)C(=O)[C@@]12O[C@@H](C)C(c1ccccc1)(c1ccccc1)O2. The minimum atomic E-state index is -1.45. The van der Waals surface area contributed by atoms with E-state index in [9.17, 15) is 4.79 Å². The van der Waals surface area contributed by atoms with E-state index < -0.39 is 11.4 Å². The predicted octanol–water partition coefficient (Wildman–Crippen LogP) is 3.96. The summed E-state index contributed by atoms with van der Waals surface area (Å²) in [7, 11) is 0. The van der Waals surface area contributed by atoms with Crippen molar-refractivity contribution in [1.82, 2.24) is 0 Å². The molecular formula is C22H22O4. The van der Waals surface area contributed by atoms with Crippen LogP contribution in [0.15, 0.2) is 72.0 Å². The Bertz CT molecular complexity index is 817. The average molecular weight is 350 g/mol. The Hall–Kier alpha value is -2.43. The average Bonchev–Trinajstić information content (AvgIpc) is 3.03. The first-order valence-corrected chi connectivity index (χ1v) is 8.94. The fraction of sp³-hybridized carbons (Fsp3) is 0.318. The summed E-state index contributed by atoms with van der Waals surface area (Å²) in [4.78, 5) is 12.8. The van der Waals surface area contributed by atoms with Crippen LogP contribution >= 0.6 is 0 Å². The van der Waals surface area contributed by atoms with Gasteiger partial charge in [-0.2, -0.15) is 0 Å². The number of hydrogen-bond acceptors (Lipinski definition) is 4. The molecule has 134 valence electrons. The Morgan fingerprint density at radius 2 is 1.54 bits per heavy atom. The third-order valence-corrected chi connectivity index (χ3v) is 5.19. The number of benzene rings is 2. The van der Waals surface area contributed by atoms with Crippen molar-refractivity contribution < 1.29 is 19.0 Å². The number of ether oxygens (including phenoxy) is 3. The van der Waals surface area contributed by atoms with E-state index in [0.717, 1.165) is 11.1 Å². The molecule has 4 rings (SSSR count). The van der Waals surface area contributed by atoms with Crippen molar-refractivity contribution >= 4 is 5.78 Å². The van der Waals surface area contributed by atoms with Crippen molar-refractivity contribution in [3.05, 3.63) is 83.1 Å². The van der Waals surface area contributed by atoms with E-state index in [1.54, 1.807) is 6.92 Å². The molecule has 0 bridgehead atoms. The van der Waals surface area contributed by atoms with E-state index >= 15 is 0 Å². The smallest absolute Gasteiger partial charge is 0.295 e. The monoisotopic (exact) mass is 350 g/mol. The molecule has 1 spiro atoms. The first kappa shape index (κ1) is 17.0. The molecule has 2 atom stereocenters. The molecule has 0 unspecified atom stereocenters. The van der Waals surface area contributed by atoms with Crippen LogP contribution in [-0.2, 0) is 24.6 Å². The molecule has 1 saturated heterocycles. The molecular weight excluding hydrogens is 328 g/mol. The number of carbonyl (C=O) groups excluding carboxylic acids is 1. The van der Waals surface area contributed by atoms with Gasteiger partial charge in [-0.15, -0.1) is 0 Å². The van der Waals surface area contributed by atoms with Crippen LogP contribution in [0.3, 0.4) is 0 Å². The van der Waals surface area contributed by atoms with Crippen molar-refractivity contribution in [3.8, 4) is 0 Å². The highest BCUT2D eigenvalue weighted by Crippen LogP contribution is 2.55. The van der Waals surface area contributed by atoms with Gasteiger partial charge in [-0.1, -0.05) is 60.7 Å². The van der Waals surface area contributed by atoms with Gasteiger partial charge in [-0.05, 0) is 31.9 Å². The fourth-order valence-corrected chi connectivity index (χ4v) is 3.98. The lowest BCUT2D eigenvalue weighted by Gasteiger charge is -2.39. The van der Waals surface area contributed by atoms with Gasteiger partial charge in [0.05, 0.1) is 12.7 Å². The second kappa shape index (κ2) is 6.08. The zero-order valence-electron chi connectivity index (χ0n) is 15.2. The molecule has 0 N–H and O–H groups in total. The Morgan fingerprint density at radius 3 is 2.04 bits per heavy atom. The largest absolute Gasteiger partial charge is 0.492 e. The summed E-state index contributed by atoms with van der Waals surface area (Å²) in [6.07, 6.45) is -0.375. The Balaban J connectivity index is 1.88. The van der Waals surface area contributed by atoms with Gasteiger partial charge in [0, 0.05) is 5.57 Å². The molecule has 1 aliphatic carbocycles. The van der Waals surface area contributed by atoms with Crippen LogP contribution in [0.4, 0.5) is 0 Å². The highest BCUT2D eigenvalue weighted by atomic mass is 16.8. The summed E-state index contributed by atoms with van der Waals surface area (Å²) in [5.74, 6) is -1.13. The van der Waals surface area contributed by atoms with E-state index in [1.807, 2.05) is 74.5 Å². The number of carbonyl (C=O) groups is 1. The Kier molecular flexibility index (Phi) is 3.98. The zero-order chi connectivity index (χ0) is 18.4. The molecule has 0 amide bonds. The maximum Gasteiger partial charge on any atom is 0.295 e. The van der Waals surface area contributed by atoms with E-state index in [1.165, 1.54) is 0 Å². The molecule has 4 heteroatoms. The lowest BCUT2D eigenvalue weighted by molar-refractivity contribution is -0.201.